The molecule has 0 atom stereocenters. The summed E-state index contributed by atoms with van der Waals surface area (Å²) in [6.07, 6.45) is 0. The van der Waals surface area contributed by atoms with Gasteiger partial charge >= 0.3 is 0 Å². The smallest absolute Gasteiger partial charge is 0.240 e. The first-order chi connectivity index (χ1) is 8.04. The minimum Gasteiger partial charge on any atom is -0.504 e. The van der Waals surface area contributed by atoms with Crippen molar-refractivity contribution in [3.8, 4) is 22.9 Å². The van der Waals surface area contributed by atoms with Crippen molar-refractivity contribution in [1.29, 1.82) is 0 Å². The molecule has 0 aliphatic carbocycles. The fourth-order valence-corrected chi connectivity index (χ4v) is 1.56. The van der Waals surface area contributed by atoms with Gasteiger partial charge in [-0.25, -0.2) is 0 Å². The van der Waals surface area contributed by atoms with Crippen LogP contribution in [0.5, 0.6) is 11.5 Å². The van der Waals surface area contributed by atoms with Crippen molar-refractivity contribution >= 4 is 0 Å². The van der Waals surface area contributed by atoms with E-state index in [1.54, 1.807) is 6.92 Å². The Morgan fingerprint density at radius 2 is 2.00 bits per heavy atom. The molecule has 6 heteroatoms. The molecular formula is C11H13N3O3. The number of benzene rings is 1. The van der Waals surface area contributed by atoms with Crippen LogP contribution in [0.2, 0.25) is 0 Å². The molecule has 1 aromatic carbocycles. The number of nitrogens with two attached hydrogens (primary N) is 1. The van der Waals surface area contributed by atoms with Gasteiger partial charge in [-0.15, -0.1) is 0 Å². The standard InChI is InChI=1S/C11H13N3O3/c1-5-6(2)10(16)8(15)3-7(5)11-13-9(4-12)17-14-11/h3,15-16H,4,12H2,1-2H3. The van der Waals surface area contributed by atoms with Crippen LogP contribution in [0.3, 0.4) is 0 Å². The van der Waals surface area contributed by atoms with Gasteiger partial charge in [-0.05, 0) is 31.0 Å². The van der Waals surface area contributed by atoms with Gasteiger partial charge in [0.1, 0.15) is 0 Å². The first-order valence-electron chi connectivity index (χ1n) is 5.09. The third-order valence-corrected chi connectivity index (χ3v) is 2.73. The Kier molecular flexibility index (Phi) is 2.72. The lowest BCUT2D eigenvalue weighted by atomic mass is 10.0. The highest BCUT2D eigenvalue weighted by atomic mass is 16.5. The van der Waals surface area contributed by atoms with E-state index in [2.05, 4.69) is 10.1 Å². The first-order valence-corrected chi connectivity index (χ1v) is 5.09. The van der Waals surface area contributed by atoms with E-state index in [1.165, 1.54) is 6.07 Å². The lowest BCUT2D eigenvalue weighted by molar-refractivity contribution is 0.380. The van der Waals surface area contributed by atoms with E-state index in [4.69, 9.17) is 10.3 Å². The summed E-state index contributed by atoms with van der Waals surface area (Å²) in [7, 11) is 0. The number of phenols is 2. The second kappa shape index (κ2) is 4.06. The molecule has 1 aromatic heterocycles. The monoisotopic (exact) mass is 235 g/mol. The summed E-state index contributed by atoms with van der Waals surface area (Å²) in [5, 5.41) is 22.9. The third-order valence-electron chi connectivity index (χ3n) is 2.73. The highest BCUT2D eigenvalue weighted by Gasteiger charge is 2.16. The average Bonchev–Trinajstić information content (AvgIpc) is 2.79. The predicted octanol–water partition coefficient (Wildman–Crippen LogP) is 1.22. The first kappa shape index (κ1) is 11.4. The number of rotatable bonds is 2. The molecule has 0 saturated carbocycles. The van der Waals surface area contributed by atoms with Crippen molar-refractivity contribution in [1.82, 2.24) is 10.1 Å². The maximum absolute atomic E-state index is 9.58. The summed E-state index contributed by atoms with van der Waals surface area (Å²) in [6, 6.07) is 1.41. The molecule has 0 unspecified atom stereocenters. The minimum absolute atomic E-state index is 0.131. The van der Waals surface area contributed by atoms with Crippen LogP contribution in [-0.4, -0.2) is 20.4 Å². The molecule has 90 valence electrons. The van der Waals surface area contributed by atoms with E-state index in [9.17, 15) is 10.2 Å². The SMILES string of the molecule is Cc1c(-c2noc(CN)n2)cc(O)c(O)c1C. The highest BCUT2D eigenvalue weighted by molar-refractivity contribution is 5.67. The lowest BCUT2D eigenvalue weighted by Crippen LogP contribution is -1.96. The van der Waals surface area contributed by atoms with Crippen molar-refractivity contribution in [3.05, 3.63) is 23.1 Å². The molecule has 0 radical (unpaired) electrons. The van der Waals surface area contributed by atoms with Crippen LogP contribution < -0.4 is 5.73 Å². The number of hydrogen-bond acceptors (Lipinski definition) is 6. The van der Waals surface area contributed by atoms with Gasteiger partial charge in [0.2, 0.25) is 11.7 Å². The lowest BCUT2D eigenvalue weighted by Gasteiger charge is -2.09. The van der Waals surface area contributed by atoms with Gasteiger partial charge in [0.25, 0.3) is 0 Å². The van der Waals surface area contributed by atoms with Gasteiger partial charge < -0.3 is 20.5 Å². The summed E-state index contributed by atoms with van der Waals surface area (Å²) in [5.41, 5.74) is 7.35. The molecular weight excluding hydrogens is 222 g/mol. The van der Waals surface area contributed by atoms with Crippen LogP contribution in [0.1, 0.15) is 17.0 Å². The molecule has 1 heterocycles. The Balaban J connectivity index is 2.59. The van der Waals surface area contributed by atoms with E-state index in [-0.39, 0.29) is 18.0 Å². The van der Waals surface area contributed by atoms with Crippen LogP contribution >= 0.6 is 0 Å². The van der Waals surface area contributed by atoms with Crippen molar-refractivity contribution in [2.75, 3.05) is 0 Å². The Hall–Kier alpha value is -2.08. The number of nitrogens with zero attached hydrogens (tertiary/aromatic N) is 2. The minimum atomic E-state index is -0.206. The number of phenolic OH excluding ortho intramolecular Hbond substituents is 2. The van der Waals surface area contributed by atoms with E-state index in [0.717, 1.165) is 5.56 Å². The molecule has 0 bridgehead atoms. The molecule has 0 amide bonds. The van der Waals surface area contributed by atoms with Gasteiger partial charge in [-0.3, -0.25) is 0 Å². The quantitative estimate of drug-likeness (QED) is 0.676. The average molecular weight is 235 g/mol. The van der Waals surface area contributed by atoms with E-state index >= 15 is 0 Å². The zero-order chi connectivity index (χ0) is 12.6. The maximum atomic E-state index is 9.58. The summed E-state index contributed by atoms with van der Waals surface area (Å²) in [4.78, 5) is 4.08. The summed E-state index contributed by atoms with van der Waals surface area (Å²) in [6.45, 7) is 3.68. The molecule has 0 aliphatic rings. The summed E-state index contributed by atoms with van der Waals surface area (Å²) < 4.78 is 4.90. The van der Waals surface area contributed by atoms with Crippen molar-refractivity contribution in [2.24, 2.45) is 5.73 Å². The van der Waals surface area contributed by atoms with E-state index in [1.807, 2.05) is 6.92 Å². The largest absolute Gasteiger partial charge is 0.504 e. The zero-order valence-electron chi connectivity index (χ0n) is 9.56. The van der Waals surface area contributed by atoms with E-state index in [0.29, 0.717) is 22.8 Å². The Bertz CT molecular complexity index is 563. The van der Waals surface area contributed by atoms with Crippen LogP contribution in [-0.2, 0) is 6.54 Å². The van der Waals surface area contributed by atoms with Crippen molar-refractivity contribution in [2.45, 2.75) is 20.4 Å². The second-order valence-electron chi connectivity index (χ2n) is 3.76. The molecule has 2 rings (SSSR count). The molecule has 0 aliphatic heterocycles. The molecule has 0 fully saturated rings. The van der Waals surface area contributed by atoms with Gasteiger partial charge in [-0.1, -0.05) is 5.16 Å². The number of hydrogen-bond donors (Lipinski definition) is 3. The van der Waals surface area contributed by atoms with Crippen LogP contribution in [0, 0.1) is 13.8 Å². The van der Waals surface area contributed by atoms with E-state index < -0.39 is 0 Å². The zero-order valence-corrected chi connectivity index (χ0v) is 9.56. The Morgan fingerprint density at radius 3 is 2.59 bits per heavy atom. The highest BCUT2D eigenvalue weighted by Crippen LogP contribution is 2.36. The van der Waals surface area contributed by atoms with Crippen LogP contribution in [0.25, 0.3) is 11.4 Å². The molecule has 6 nitrogen and oxygen atoms in total. The Labute approximate surface area is 97.7 Å². The van der Waals surface area contributed by atoms with Gasteiger partial charge in [0.05, 0.1) is 6.54 Å². The third kappa shape index (κ3) is 1.83. The number of aromatic hydroxyl groups is 2. The maximum Gasteiger partial charge on any atom is 0.240 e. The fourth-order valence-electron chi connectivity index (χ4n) is 1.56. The van der Waals surface area contributed by atoms with Crippen molar-refractivity contribution < 1.29 is 14.7 Å². The molecule has 0 saturated heterocycles. The second-order valence-corrected chi connectivity index (χ2v) is 3.76. The molecule has 0 spiro atoms. The van der Waals surface area contributed by atoms with Crippen LogP contribution in [0.15, 0.2) is 10.6 Å². The van der Waals surface area contributed by atoms with Gasteiger partial charge in [0.15, 0.2) is 11.5 Å². The fraction of sp³-hybridized carbons (Fsp3) is 0.273. The number of aromatic nitrogens is 2. The van der Waals surface area contributed by atoms with Crippen LogP contribution in [0.4, 0.5) is 0 Å². The predicted molar refractivity (Wildman–Crippen MR) is 60.4 cm³/mol. The topological polar surface area (TPSA) is 105 Å². The molecule has 2 aromatic rings. The summed E-state index contributed by atoms with van der Waals surface area (Å²) in [5.74, 6) is 0.335. The van der Waals surface area contributed by atoms with Crippen molar-refractivity contribution in [3.63, 3.8) is 0 Å². The molecule has 4 N–H and O–H groups in total. The summed E-state index contributed by atoms with van der Waals surface area (Å²) >= 11 is 0. The molecule has 17 heavy (non-hydrogen) atoms. The van der Waals surface area contributed by atoms with Gasteiger partial charge in [0, 0.05) is 5.56 Å². The van der Waals surface area contributed by atoms with Gasteiger partial charge in [-0.2, -0.15) is 4.98 Å². The Morgan fingerprint density at radius 1 is 1.29 bits per heavy atom. The normalized spacial score (nSPS) is 10.8.